The molecule has 3 N–H and O–H groups in total. The quantitative estimate of drug-likeness (QED) is 0.830. The molecule has 2 rings (SSSR count). The number of nitrogens with two attached hydrogens (primary N) is 1. The Morgan fingerprint density at radius 2 is 2.40 bits per heavy atom. The van der Waals surface area contributed by atoms with E-state index in [1.165, 1.54) is 4.88 Å². The van der Waals surface area contributed by atoms with E-state index < -0.39 is 0 Å². The first-order chi connectivity index (χ1) is 7.25. The summed E-state index contributed by atoms with van der Waals surface area (Å²) in [5.74, 6) is 1.10. The lowest BCUT2D eigenvalue weighted by Crippen LogP contribution is -2.05. The third-order valence-electron chi connectivity index (χ3n) is 2.00. The minimum atomic E-state index is 0.300. The predicted octanol–water partition coefficient (Wildman–Crippen LogP) is 2.04. The summed E-state index contributed by atoms with van der Waals surface area (Å²) in [6.45, 7) is 2.73. The van der Waals surface area contributed by atoms with Crippen molar-refractivity contribution in [2.24, 2.45) is 0 Å². The highest BCUT2D eigenvalue weighted by atomic mass is 32.1. The highest BCUT2D eigenvalue weighted by Gasteiger charge is 2.01. The molecule has 2 aromatic rings. The van der Waals surface area contributed by atoms with Crippen LogP contribution in [0.2, 0.25) is 0 Å². The van der Waals surface area contributed by atoms with Crippen LogP contribution in [0.3, 0.4) is 0 Å². The van der Waals surface area contributed by atoms with Gasteiger partial charge in [0.1, 0.15) is 5.82 Å². The van der Waals surface area contributed by atoms with Crippen LogP contribution in [0, 0.1) is 6.92 Å². The molecule has 0 atom stereocenters. The molecule has 0 aliphatic carbocycles. The molecule has 2 aromatic heterocycles. The molecular formula is C10H12N4S. The van der Waals surface area contributed by atoms with Crippen molar-refractivity contribution < 1.29 is 0 Å². The lowest BCUT2D eigenvalue weighted by Gasteiger charge is -2.06. The fraction of sp³-hybridized carbons (Fsp3) is 0.200. The lowest BCUT2D eigenvalue weighted by atomic mass is 10.3. The van der Waals surface area contributed by atoms with Gasteiger partial charge in [-0.05, 0) is 18.4 Å². The summed E-state index contributed by atoms with van der Waals surface area (Å²) >= 11 is 1.72. The van der Waals surface area contributed by atoms with Gasteiger partial charge in [-0.1, -0.05) is 6.07 Å². The molecule has 0 saturated carbocycles. The van der Waals surface area contributed by atoms with Gasteiger partial charge in [-0.3, -0.25) is 0 Å². The molecule has 78 valence electrons. The molecule has 0 spiro atoms. The topological polar surface area (TPSA) is 63.8 Å². The molecule has 15 heavy (non-hydrogen) atoms. The number of aromatic nitrogens is 2. The first kappa shape index (κ1) is 9.92. The van der Waals surface area contributed by atoms with E-state index in [9.17, 15) is 0 Å². The van der Waals surface area contributed by atoms with Crippen molar-refractivity contribution in [1.82, 2.24) is 9.97 Å². The Morgan fingerprint density at radius 3 is 3.13 bits per heavy atom. The number of nitrogen functional groups attached to an aromatic ring is 1. The average Bonchev–Trinajstić information content (AvgIpc) is 2.72. The maximum Gasteiger partial charge on any atom is 0.221 e. The number of thiophene rings is 1. The number of anilines is 2. The summed E-state index contributed by atoms with van der Waals surface area (Å²) in [6, 6.07) is 4.11. The van der Waals surface area contributed by atoms with Gasteiger partial charge in [-0.15, -0.1) is 11.3 Å². The van der Waals surface area contributed by atoms with Crippen molar-refractivity contribution in [3.05, 3.63) is 34.2 Å². The van der Waals surface area contributed by atoms with E-state index in [-0.39, 0.29) is 0 Å². The third kappa shape index (κ3) is 2.44. The lowest BCUT2D eigenvalue weighted by molar-refractivity contribution is 1.08. The Kier molecular flexibility index (Phi) is 2.82. The van der Waals surface area contributed by atoms with E-state index in [1.807, 2.05) is 13.0 Å². The SMILES string of the molecule is Cc1cnc(N)nc1NCc1cccs1. The van der Waals surface area contributed by atoms with E-state index in [1.54, 1.807) is 17.5 Å². The monoisotopic (exact) mass is 220 g/mol. The van der Waals surface area contributed by atoms with E-state index in [0.29, 0.717) is 5.95 Å². The highest BCUT2D eigenvalue weighted by molar-refractivity contribution is 7.09. The molecule has 0 fully saturated rings. The molecule has 0 saturated heterocycles. The standard InChI is InChI=1S/C10H12N4S/c1-7-5-13-10(11)14-9(7)12-6-8-3-2-4-15-8/h2-5H,6H2,1H3,(H3,11,12,13,14). The van der Waals surface area contributed by atoms with Gasteiger partial charge in [-0.2, -0.15) is 4.98 Å². The molecule has 0 unspecified atom stereocenters. The summed E-state index contributed by atoms with van der Waals surface area (Å²) in [5, 5.41) is 5.29. The van der Waals surface area contributed by atoms with Gasteiger partial charge >= 0.3 is 0 Å². The zero-order chi connectivity index (χ0) is 10.7. The maximum absolute atomic E-state index is 5.52. The Hall–Kier alpha value is -1.62. The molecule has 0 aliphatic heterocycles. The molecule has 0 amide bonds. The number of hydrogen-bond acceptors (Lipinski definition) is 5. The number of aryl methyl sites for hydroxylation is 1. The van der Waals surface area contributed by atoms with Crippen molar-refractivity contribution in [3.63, 3.8) is 0 Å². The first-order valence-electron chi connectivity index (χ1n) is 4.61. The summed E-state index contributed by atoms with van der Waals surface area (Å²) in [6.07, 6.45) is 1.72. The Bertz CT molecular complexity index is 439. The van der Waals surface area contributed by atoms with Gasteiger partial charge in [0, 0.05) is 16.6 Å². The van der Waals surface area contributed by atoms with Crippen LogP contribution in [0.15, 0.2) is 23.7 Å². The van der Waals surface area contributed by atoms with Gasteiger partial charge < -0.3 is 11.1 Å². The summed E-state index contributed by atoms with van der Waals surface area (Å²) in [5.41, 5.74) is 6.52. The zero-order valence-corrected chi connectivity index (χ0v) is 9.21. The molecular weight excluding hydrogens is 208 g/mol. The summed E-state index contributed by atoms with van der Waals surface area (Å²) in [7, 11) is 0. The molecule has 5 heteroatoms. The van der Waals surface area contributed by atoms with E-state index in [2.05, 4.69) is 26.7 Å². The average molecular weight is 220 g/mol. The van der Waals surface area contributed by atoms with Gasteiger partial charge in [0.2, 0.25) is 5.95 Å². The maximum atomic E-state index is 5.52. The second-order valence-corrected chi connectivity index (χ2v) is 4.22. The molecule has 0 radical (unpaired) electrons. The predicted molar refractivity (Wildman–Crippen MR) is 62.8 cm³/mol. The number of rotatable bonds is 3. The van der Waals surface area contributed by atoms with Crippen molar-refractivity contribution >= 4 is 23.1 Å². The summed E-state index contributed by atoms with van der Waals surface area (Å²) < 4.78 is 0. The van der Waals surface area contributed by atoms with Crippen LogP contribution in [0.25, 0.3) is 0 Å². The van der Waals surface area contributed by atoms with E-state index in [0.717, 1.165) is 17.9 Å². The van der Waals surface area contributed by atoms with Crippen LogP contribution in [-0.4, -0.2) is 9.97 Å². The van der Waals surface area contributed by atoms with Crippen LogP contribution in [0.1, 0.15) is 10.4 Å². The van der Waals surface area contributed by atoms with Crippen molar-refractivity contribution in [1.29, 1.82) is 0 Å². The number of nitrogens with zero attached hydrogens (tertiary/aromatic N) is 2. The van der Waals surface area contributed by atoms with Crippen molar-refractivity contribution in [2.45, 2.75) is 13.5 Å². The normalized spacial score (nSPS) is 10.2. The van der Waals surface area contributed by atoms with Gasteiger partial charge in [0.15, 0.2) is 0 Å². The fourth-order valence-corrected chi connectivity index (χ4v) is 1.86. The zero-order valence-electron chi connectivity index (χ0n) is 8.40. The van der Waals surface area contributed by atoms with Gasteiger partial charge in [-0.25, -0.2) is 4.98 Å². The Morgan fingerprint density at radius 1 is 1.53 bits per heavy atom. The van der Waals surface area contributed by atoms with Crippen LogP contribution in [0.5, 0.6) is 0 Å². The highest BCUT2D eigenvalue weighted by Crippen LogP contribution is 2.14. The summed E-state index contributed by atoms with van der Waals surface area (Å²) in [4.78, 5) is 9.32. The smallest absolute Gasteiger partial charge is 0.221 e. The Balaban J connectivity index is 2.07. The van der Waals surface area contributed by atoms with Crippen LogP contribution < -0.4 is 11.1 Å². The van der Waals surface area contributed by atoms with E-state index >= 15 is 0 Å². The number of hydrogen-bond donors (Lipinski definition) is 2. The van der Waals surface area contributed by atoms with Gasteiger partial charge in [0.05, 0.1) is 6.54 Å². The van der Waals surface area contributed by atoms with Crippen molar-refractivity contribution in [3.8, 4) is 0 Å². The van der Waals surface area contributed by atoms with Crippen LogP contribution in [0.4, 0.5) is 11.8 Å². The minimum absolute atomic E-state index is 0.300. The molecule has 0 aromatic carbocycles. The van der Waals surface area contributed by atoms with Crippen LogP contribution in [-0.2, 0) is 6.54 Å². The Labute approximate surface area is 92.2 Å². The van der Waals surface area contributed by atoms with Gasteiger partial charge in [0.25, 0.3) is 0 Å². The minimum Gasteiger partial charge on any atom is -0.368 e. The molecule has 0 aliphatic rings. The molecule has 0 bridgehead atoms. The van der Waals surface area contributed by atoms with Crippen molar-refractivity contribution in [2.75, 3.05) is 11.1 Å². The second kappa shape index (κ2) is 4.27. The van der Waals surface area contributed by atoms with Crippen LogP contribution >= 0.6 is 11.3 Å². The molecule has 2 heterocycles. The first-order valence-corrected chi connectivity index (χ1v) is 5.49. The fourth-order valence-electron chi connectivity index (χ4n) is 1.22. The third-order valence-corrected chi connectivity index (χ3v) is 2.88. The number of nitrogens with one attached hydrogen (secondary N) is 1. The molecule has 4 nitrogen and oxygen atoms in total. The van der Waals surface area contributed by atoms with E-state index in [4.69, 9.17) is 5.73 Å². The second-order valence-electron chi connectivity index (χ2n) is 3.19. The largest absolute Gasteiger partial charge is 0.368 e.